The lowest BCUT2D eigenvalue weighted by molar-refractivity contribution is 0.0674. The van der Waals surface area contributed by atoms with Crippen molar-refractivity contribution in [2.75, 3.05) is 13.7 Å². The third-order valence-electron chi connectivity index (χ3n) is 4.36. The van der Waals surface area contributed by atoms with Gasteiger partial charge in [-0.15, -0.1) is 0 Å². The maximum Gasteiger partial charge on any atom is 0.290 e. The molecule has 1 saturated heterocycles. The van der Waals surface area contributed by atoms with Crippen molar-refractivity contribution >= 4 is 5.91 Å². The van der Waals surface area contributed by atoms with E-state index < -0.39 is 11.3 Å². The van der Waals surface area contributed by atoms with Crippen LogP contribution in [0.1, 0.15) is 35.3 Å². The molecule has 1 aliphatic rings. The van der Waals surface area contributed by atoms with Gasteiger partial charge in [0.15, 0.2) is 5.76 Å². The topological polar surface area (TPSA) is 112 Å². The van der Waals surface area contributed by atoms with E-state index in [1.807, 2.05) is 6.07 Å². The van der Waals surface area contributed by atoms with E-state index in [1.54, 1.807) is 23.2 Å². The van der Waals surface area contributed by atoms with Crippen molar-refractivity contribution in [3.8, 4) is 17.3 Å². The molecule has 1 atom stereocenters. The predicted octanol–water partition coefficient (Wildman–Crippen LogP) is 2.07. The molecular formula is C18H16N4O5. The van der Waals surface area contributed by atoms with E-state index in [2.05, 4.69) is 15.1 Å². The number of rotatable bonds is 4. The average Bonchev–Trinajstić information content (AvgIpc) is 3.37. The van der Waals surface area contributed by atoms with Crippen LogP contribution < -0.4 is 10.2 Å². The molecule has 27 heavy (non-hydrogen) atoms. The van der Waals surface area contributed by atoms with Crippen molar-refractivity contribution in [2.45, 2.75) is 18.9 Å². The Hall–Kier alpha value is -3.49. The maximum absolute atomic E-state index is 12.8. The molecule has 3 aromatic heterocycles. The zero-order valence-electron chi connectivity index (χ0n) is 14.5. The zero-order valence-corrected chi connectivity index (χ0v) is 14.5. The molecule has 9 nitrogen and oxygen atoms in total. The number of hydrogen-bond acceptors (Lipinski definition) is 8. The van der Waals surface area contributed by atoms with Crippen LogP contribution in [0.3, 0.4) is 0 Å². The lowest BCUT2D eigenvalue weighted by Crippen LogP contribution is -2.31. The van der Waals surface area contributed by atoms with E-state index in [4.69, 9.17) is 13.7 Å². The summed E-state index contributed by atoms with van der Waals surface area (Å²) in [6.07, 6.45) is 4.23. The molecule has 0 radical (unpaired) electrons. The average molecular weight is 368 g/mol. The number of aromatic nitrogens is 3. The summed E-state index contributed by atoms with van der Waals surface area (Å²) in [5.41, 5.74) is 0.169. The van der Waals surface area contributed by atoms with Gasteiger partial charge in [0.1, 0.15) is 18.0 Å². The highest BCUT2D eigenvalue weighted by molar-refractivity contribution is 5.91. The van der Waals surface area contributed by atoms with Crippen molar-refractivity contribution < 1.29 is 18.5 Å². The standard InChI is InChI=1S/C18H16N4O5/c1-25-15-10-26-14(9-13(15)23)18(24)22-8-4-6-12(22)17-20-16(21-27-17)11-5-2-3-7-19-11/h2-3,5,7,9-10,12H,4,6,8H2,1H3/t12-/m0/s1. The van der Waals surface area contributed by atoms with Gasteiger partial charge in [0.2, 0.25) is 22.9 Å². The second-order valence-corrected chi connectivity index (χ2v) is 6.00. The first-order chi connectivity index (χ1) is 13.2. The van der Waals surface area contributed by atoms with Gasteiger partial charge in [0, 0.05) is 18.8 Å². The van der Waals surface area contributed by atoms with Crippen LogP contribution in [-0.2, 0) is 0 Å². The fraction of sp³-hybridized carbons (Fsp3) is 0.278. The fourth-order valence-corrected chi connectivity index (χ4v) is 3.04. The van der Waals surface area contributed by atoms with E-state index in [0.717, 1.165) is 18.8 Å². The predicted molar refractivity (Wildman–Crippen MR) is 92.1 cm³/mol. The summed E-state index contributed by atoms with van der Waals surface area (Å²) in [7, 11) is 1.36. The second kappa shape index (κ2) is 7.02. The van der Waals surface area contributed by atoms with Gasteiger partial charge in [-0.05, 0) is 25.0 Å². The third-order valence-corrected chi connectivity index (χ3v) is 4.36. The quantitative estimate of drug-likeness (QED) is 0.688. The van der Waals surface area contributed by atoms with E-state index in [9.17, 15) is 9.59 Å². The number of ether oxygens (including phenoxy) is 1. The largest absolute Gasteiger partial charge is 0.490 e. The number of hydrogen-bond donors (Lipinski definition) is 0. The van der Waals surface area contributed by atoms with Crippen LogP contribution in [0, 0.1) is 0 Å². The van der Waals surface area contributed by atoms with Crippen molar-refractivity contribution in [3.63, 3.8) is 0 Å². The molecule has 9 heteroatoms. The first-order valence-electron chi connectivity index (χ1n) is 8.40. The number of amides is 1. The third kappa shape index (κ3) is 3.19. The summed E-state index contributed by atoms with van der Waals surface area (Å²) in [5.74, 6) is 0.270. The van der Waals surface area contributed by atoms with Gasteiger partial charge in [0.25, 0.3) is 5.91 Å². The number of likely N-dealkylation sites (tertiary alicyclic amines) is 1. The molecule has 4 heterocycles. The van der Waals surface area contributed by atoms with Crippen LogP contribution in [0.5, 0.6) is 5.75 Å². The maximum atomic E-state index is 12.8. The van der Waals surface area contributed by atoms with Crippen molar-refractivity contribution in [2.24, 2.45) is 0 Å². The molecule has 0 aliphatic carbocycles. The summed E-state index contributed by atoms with van der Waals surface area (Å²) < 4.78 is 15.5. The molecule has 0 spiro atoms. The van der Waals surface area contributed by atoms with E-state index in [-0.39, 0.29) is 17.6 Å². The minimum Gasteiger partial charge on any atom is -0.490 e. The van der Waals surface area contributed by atoms with E-state index in [0.29, 0.717) is 30.4 Å². The smallest absolute Gasteiger partial charge is 0.290 e. The summed E-state index contributed by atoms with van der Waals surface area (Å²) in [6.45, 7) is 0.501. The number of nitrogens with zero attached hydrogens (tertiary/aromatic N) is 4. The van der Waals surface area contributed by atoms with Crippen LogP contribution in [0.25, 0.3) is 11.5 Å². The number of methoxy groups -OCH3 is 1. The Bertz CT molecular complexity index is 1010. The summed E-state index contributed by atoms with van der Waals surface area (Å²) in [5, 5.41) is 3.96. The lowest BCUT2D eigenvalue weighted by atomic mass is 10.2. The SMILES string of the molecule is COc1coc(C(=O)N2CCC[C@H]2c2nc(-c3ccccn3)no2)cc1=O. The van der Waals surface area contributed by atoms with E-state index >= 15 is 0 Å². The molecule has 3 aromatic rings. The highest BCUT2D eigenvalue weighted by Gasteiger charge is 2.35. The first-order valence-corrected chi connectivity index (χ1v) is 8.40. The van der Waals surface area contributed by atoms with Crippen molar-refractivity contribution in [3.05, 3.63) is 58.6 Å². The Kier molecular flexibility index (Phi) is 4.41. The summed E-state index contributed by atoms with van der Waals surface area (Å²) in [6, 6.07) is 6.15. The van der Waals surface area contributed by atoms with Gasteiger partial charge in [-0.25, -0.2) is 0 Å². The number of carbonyl (C=O) groups excluding carboxylic acids is 1. The van der Waals surface area contributed by atoms with Gasteiger partial charge in [-0.2, -0.15) is 4.98 Å². The van der Waals surface area contributed by atoms with Gasteiger partial charge < -0.3 is 18.6 Å². The fourth-order valence-electron chi connectivity index (χ4n) is 3.04. The van der Waals surface area contributed by atoms with Crippen LogP contribution >= 0.6 is 0 Å². The second-order valence-electron chi connectivity index (χ2n) is 6.00. The van der Waals surface area contributed by atoms with E-state index in [1.165, 1.54) is 7.11 Å². The van der Waals surface area contributed by atoms with Gasteiger partial charge in [-0.3, -0.25) is 14.6 Å². The lowest BCUT2D eigenvalue weighted by Gasteiger charge is -2.20. The number of carbonyl (C=O) groups is 1. The van der Waals surface area contributed by atoms with Gasteiger partial charge in [-0.1, -0.05) is 11.2 Å². The molecule has 1 aliphatic heterocycles. The molecule has 1 amide bonds. The van der Waals surface area contributed by atoms with Gasteiger partial charge in [0.05, 0.1) is 7.11 Å². The molecular weight excluding hydrogens is 352 g/mol. The Balaban J connectivity index is 1.59. The summed E-state index contributed by atoms with van der Waals surface area (Å²) >= 11 is 0. The van der Waals surface area contributed by atoms with Crippen LogP contribution in [0.2, 0.25) is 0 Å². The molecule has 0 unspecified atom stereocenters. The Morgan fingerprint density at radius 2 is 2.26 bits per heavy atom. The molecule has 1 fully saturated rings. The summed E-state index contributed by atoms with van der Waals surface area (Å²) in [4.78, 5) is 34.9. The number of pyridine rings is 1. The van der Waals surface area contributed by atoms with Crippen LogP contribution in [0.15, 0.2) is 50.5 Å². The molecule has 0 bridgehead atoms. The Labute approximate surface area is 153 Å². The van der Waals surface area contributed by atoms with Gasteiger partial charge >= 0.3 is 0 Å². The normalized spacial score (nSPS) is 16.5. The molecule has 0 saturated carbocycles. The first kappa shape index (κ1) is 17.0. The molecule has 138 valence electrons. The minimum atomic E-state index is -0.418. The monoisotopic (exact) mass is 368 g/mol. The Morgan fingerprint density at radius 1 is 1.37 bits per heavy atom. The highest BCUT2D eigenvalue weighted by atomic mass is 16.5. The van der Waals surface area contributed by atoms with Crippen molar-refractivity contribution in [1.82, 2.24) is 20.0 Å². The highest BCUT2D eigenvalue weighted by Crippen LogP contribution is 2.33. The molecule has 0 N–H and O–H groups in total. The van der Waals surface area contributed by atoms with Crippen molar-refractivity contribution in [1.29, 1.82) is 0 Å². The zero-order chi connectivity index (χ0) is 18.8. The Morgan fingerprint density at radius 3 is 3.00 bits per heavy atom. The van der Waals surface area contributed by atoms with Crippen LogP contribution in [0.4, 0.5) is 0 Å². The minimum absolute atomic E-state index is 0.0430. The molecule has 4 rings (SSSR count). The van der Waals surface area contributed by atoms with Crippen LogP contribution in [-0.4, -0.2) is 39.6 Å². The molecule has 0 aromatic carbocycles.